The van der Waals surface area contributed by atoms with Gasteiger partial charge in [0, 0.05) is 15.9 Å². The molecular formula is C17H18BrClO. The van der Waals surface area contributed by atoms with Crippen molar-refractivity contribution in [2.45, 2.75) is 32.7 Å². The van der Waals surface area contributed by atoms with E-state index in [0.29, 0.717) is 6.61 Å². The number of hydrogen-bond acceptors (Lipinski definition) is 1. The first-order valence-corrected chi connectivity index (χ1v) is 8.05. The topological polar surface area (TPSA) is 9.23 Å². The molecule has 0 aliphatic heterocycles. The third-order valence-corrected chi connectivity index (χ3v) is 4.22. The van der Waals surface area contributed by atoms with Crippen LogP contribution in [-0.4, -0.2) is 0 Å². The molecule has 0 aliphatic carbocycles. The number of rotatable bonds is 4. The van der Waals surface area contributed by atoms with E-state index in [2.05, 4.69) is 48.8 Å². The molecule has 20 heavy (non-hydrogen) atoms. The van der Waals surface area contributed by atoms with Gasteiger partial charge in [0.2, 0.25) is 0 Å². The number of aryl methyl sites for hydroxylation is 3. The molecule has 0 fully saturated rings. The number of alkyl halides is 1. The molecule has 2 rings (SSSR count). The minimum absolute atomic E-state index is 0.583. The van der Waals surface area contributed by atoms with E-state index >= 15 is 0 Å². The van der Waals surface area contributed by atoms with Gasteiger partial charge in [0.1, 0.15) is 12.4 Å². The molecule has 1 nitrogen and oxygen atoms in total. The molecule has 0 amide bonds. The standard InChI is InChI=1S/C17H18BrClO/c1-11-6-12(2)16(13(3)7-11)10-20-17-5-4-15(19)8-14(17)9-18/h4-8H,9-10H2,1-3H3. The maximum Gasteiger partial charge on any atom is 0.123 e. The van der Waals surface area contributed by atoms with Crippen LogP contribution in [0.2, 0.25) is 5.02 Å². The average Bonchev–Trinajstić information content (AvgIpc) is 2.38. The van der Waals surface area contributed by atoms with Crippen LogP contribution in [0, 0.1) is 20.8 Å². The first kappa shape index (κ1) is 15.4. The summed E-state index contributed by atoms with van der Waals surface area (Å²) in [5.41, 5.74) is 6.16. The Morgan fingerprint density at radius 3 is 2.30 bits per heavy atom. The zero-order valence-corrected chi connectivity index (χ0v) is 14.3. The zero-order valence-electron chi connectivity index (χ0n) is 12.0. The molecule has 0 aliphatic rings. The van der Waals surface area contributed by atoms with Gasteiger partial charge >= 0.3 is 0 Å². The molecule has 0 N–H and O–H groups in total. The van der Waals surface area contributed by atoms with Gasteiger partial charge in [-0.05, 0) is 55.7 Å². The minimum atomic E-state index is 0.583. The molecule has 0 saturated heterocycles. The Morgan fingerprint density at radius 2 is 1.70 bits per heavy atom. The molecular weight excluding hydrogens is 336 g/mol. The third-order valence-electron chi connectivity index (χ3n) is 3.38. The molecule has 0 bridgehead atoms. The van der Waals surface area contributed by atoms with E-state index in [1.54, 1.807) is 0 Å². The largest absolute Gasteiger partial charge is 0.489 e. The fourth-order valence-electron chi connectivity index (χ4n) is 2.38. The third kappa shape index (κ3) is 3.56. The second-order valence-corrected chi connectivity index (χ2v) is 6.05. The van der Waals surface area contributed by atoms with E-state index in [1.165, 1.54) is 22.3 Å². The van der Waals surface area contributed by atoms with Crippen LogP contribution in [0.3, 0.4) is 0 Å². The van der Waals surface area contributed by atoms with Crippen LogP contribution in [0.15, 0.2) is 30.3 Å². The summed E-state index contributed by atoms with van der Waals surface area (Å²) in [4.78, 5) is 0. The average molecular weight is 354 g/mol. The van der Waals surface area contributed by atoms with E-state index < -0.39 is 0 Å². The van der Waals surface area contributed by atoms with Crippen molar-refractivity contribution in [2.75, 3.05) is 0 Å². The van der Waals surface area contributed by atoms with E-state index in [4.69, 9.17) is 16.3 Å². The normalized spacial score (nSPS) is 10.7. The molecule has 0 saturated carbocycles. The smallest absolute Gasteiger partial charge is 0.123 e. The monoisotopic (exact) mass is 352 g/mol. The highest BCUT2D eigenvalue weighted by molar-refractivity contribution is 9.08. The molecule has 0 heterocycles. The Hall–Kier alpha value is -0.990. The lowest BCUT2D eigenvalue weighted by atomic mass is 10.0. The molecule has 0 atom stereocenters. The molecule has 0 aromatic heterocycles. The Morgan fingerprint density at radius 1 is 1.05 bits per heavy atom. The number of benzene rings is 2. The molecule has 2 aromatic rings. The Bertz CT molecular complexity index is 599. The predicted molar refractivity (Wildman–Crippen MR) is 89.1 cm³/mol. The van der Waals surface area contributed by atoms with Gasteiger partial charge in [-0.3, -0.25) is 0 Å². The van der Waals surface area contributed by atoms with Gasteiger partial charge in [-0.15, -0.1) is 0 Å². The van der Waals surface area contributed by atoms with Gasteiger partial charge < -0.3 is 4.74 Å². The second kappa shape index (κ2) is 6.64. The van der Waals surface area contributed by atoms with Crippen LogP contribution in [0.25, 0.3) is 0 Å². The Labute approximate surface area is 134 Å². The van der Waals surface area contributed by atoms with E-state index in [0.717, 1.165) is 21.7 Å². The van der Waals surface area contributed by atoms with Gasteiger partial charge in [-0.1, -0.05) is 45.2 Å². The molecule has 0 unspecified atom stereocenters. The summed E-state index contributed by atoms with van der Waals surface area (Å²) in [6, 6.07) is 10.1. The Balaban J connectivity index is 2.21. The highest BCUT2D eigenvalue weighted by Gasteiger charge is 2.08. The fraction of sp³-hybridized carbons (Fsp3) is 0.294. The summed E-state index contributed by atoms with van der Waals surface area (Å²) in [5.74, 6) is 0.880. The van der Waals surface area contributed by atoms with Crippen molar-refractivity contribution in [3.8, 4) is 5.75 Å². The van der Waals surface area contributed by atoms with Gasteiger partial charge in [0.15, 0.2) is 0 Å². The van der Waals surface area contributed by atoms with Crippen molar-refractivity contribution in [2.24, 2.45) is 0 Å². The van der Waals surface area contributed by atoms with Crippen LogP contribution in [-0.2, 0) is 11.9 Å². The SMILES string of the molecule is Cc1cc(C)c(COc2ccc(Cl)cc2CBr)c(C)c1. The summed E-state index contributed by atoms with van der Waals surface area (Å²) >= 11 is 9.47. The van der Waals surface area contributed by atoms with Crippen LogP contribution < -0.4 is 4.74 Å². The molecule has 0 spiro atoms. The van der Waals surface area contributed by atoms with Crippen molar-refractivity contribution in [1.82, 2.24) is 0 Å². The van der Waals surface area contributed by atoms with Gasteiger partial charge in [-0.25, -0.2) is 0 Å². The van der Waals surface area contributed by atoms with Crippen molar-refractivity contribution in [3.63, 3.8) is 0 Å². The van der Waals surface area contributed by atoms with Crippen LogP contribution in [0.1, 0.15) is 27.8 Å². The summed E-state index contributed by atoms with van der Waals surface area (Å²) < 4.78 is 5.98. The van der Waals surface area contributed by atoms with Crippen LogP contribution in [0.4, 0.5) is 0 Å². The molecule has 2 aromatic carbocycles. The molecule has 106 valence electrons. The fourth-order valence-corrected chi connectivity index (χ4v) is 3.01. The van der Waals surface area contributed by atoms with Gasteiger partial charge in [-0.2, -0.15) is 0 Å². The first-order valence-electron chi connectivity index (χ1n) is 6.55. The van der Waals surface area contributed by atoms with Crippen molar-refractivity contribution >= 4 is 27.5 Å². The minimum Gasteiger partial charge on any atom is -0.489 e. The highest BCUT2D eigenvalue weighted by Crippen LogP contribution is 2.27. The lowest BCUT2D eigenvalue weighted by molar-refractivity contribution is 0.302. The lowest BCUT2D eigenvalue weighted by Crippen LogP contribution is -2.02. The highest BCUT2D eigenvalue weighted by atomic mass is 79.9. The number of hydrogen-bond donors (Lipinski definition) is 0. The lowest BCUT2D eigenvalue weighted by Gasteiger charge is -2.14. The van der Waals surface area contributed by atoms with E-state index in [1.807, 2.05) is 18.2 Å². The molecule has 0 radical (unpaired) electrons. The van der Waals surface area contributed by atoms with E-state index in [-0.39, 0.29) is 0 Å². The maximum absolute atomic E-state index is 6.00. The summed E-state index contributed by atoms with van der Waals surface area (Å²) in [6.45, 7) is 6.96. The maximum atomic E-state index is 6.00. The summed E-state index contributed by atoms with van der Waals surface area (Å²) in [5, 5.41) is 1.46. The molecule has 3 heteroatoms. The summed E-state index contributed by atoms with van der Waals surface area (Å²) in [6.07, 6.45) is 0. The number of ether oxygens (including phenoxy) is 1. The van der Waals surface area contributed by atoms with Crippen molar-refractivity contribution < 1.29 is 4.74 Å². The van der Waals surface area contributed by atoms with Gasteiger partial charge in [0.05, 0.1) is 0 Å². The number of halogens is 2. The van der Waals surface area contributed by atoms with Crippen LogP contribution in [0.5, 0.6) is 5.75 Å². The Kier molecular flexibility index (Phi) is 5.11. The quantitative estimate of drug-likeness (QED) is 0.637. The second-order valence-electron chi connectivity index (χ2n) is 5.05. The van der Waals surface area contributed by atoms with Crippen molar-refractivity contribution in [3.05, 3.63) is 63.2 Å². The van der Waals surface area contributed by atoms with Crippen molar-refractivity contribution in [1.29, 1.82) is 0 Å². The van der Waals surface area contributed by atoms with Gasteiger partial charge in [0.25, 0.3) is 0 Å². The first-order chi connectivity index (χ1) is 9.51. The summed E-state index contributed by atoms with van der Waals surface area (Å²) in [7, 11) is 0. The zero-order chi connectivity index (χ0) is 14.7. The predicted octanol–water partition coefficient (Wildman–Crippen LogP) is 5.74. The van der Waals surface area contributed by atoms with E-state index in [9.17, 15) is 0 Å². The van der Waals surface area contributed by atoms with Crippen LogP contribution >= 0.6 is 27.5 Å².